The Kier molecular flexibility index (Phi) is 8.15. The molecule has 0 rings (SSSR count). The summed E-state index contributed by atoms with van der Waals surface area (Å²) in [6.45, 7) is 8.88. The zero-order valence-corrected chi connectivity index (χ0v) is 9.99. The number of rotatable bonds is 8. The fourth-order valence-corrected chi connectivity index (χ4v) is 1.21. The minimum atomic E-state index is -0.325. The van der Waals surface area contributed by atoms with Crippen molar-refractivity contribution in [2.45, 2.75) is 13.8 Å². The fourth-order valence-electron chi connectivity index (χ4n) is 1.21. The van der Waals surface area contributed by atoms with Crippen LogP contribution in [-0.2, 0) is 14.3 Å². The van der Waals surface area contributed by atoms with Gasteiger partial charge in [-0.25, -0.2) is 0 Å². The minimum absolute atomic E-state index is 0.103. The van der Waals surface area contributed by atoms with E-state index in [1.807, 2.05) is 6.92 Å². The number of carbonyl (C=O) groups is 2. The van der Waals surface area contributed by atoms with E-state index in [9.17, 15) is 9.59 Å². The Balaban J connectivity index is 4.10. The quantitative estimate of drug-likeness (QED) is 0.475. The molecule has 0 aromatic carbocycles. The Hall–Kier alpha value is -1.36. The van der Waals surface area contributed by atoms with Crippen LogP contribution in [0.4, 0.5) is 0 Å². The van der Waals surface area contributed by atoms with Crippen molar-refractivity contribution in [3.8, 4) is 0 Å². The molecule has 1 amide bonds. The maximum Gasteiger partial charge on any atom is 0.320 e. The van der Waals surface area contributed by atoms with Gasteiger partial charge in [0.25, 0.3) is 0 Å². The molecule has 5 nitrogen and oxygen atoms in total. The molecular formula is C11H20N2O3. The minimum Gasteiger partial charge on any atom is -0.465 e. The highest BCUT2D eigenvalue weighted by atomic mass is 16.5. The zero-order valence-electron chi connectivity index (χ0n) is 9.99. The number of esters is 1. The average molecular weight is 228 g/mol. The lowest BCUT2D eigenvalue weighted by Crippen LogP contribution is -2.40. The highest BCUT2D eigenvalue weighted by Crippen LogP contribution is 1.91. The molecule has 0 spiro atoms. The van der Waals surface area contributed by atoms with Crippen molar-refractivity contribution in [3.05, 3.63) is 12.7 Å². The van der Waals surface area contributed by atoms with Crippen molar-refractivity contribution < 1.29 is 14.3 Å². The van der Waals surface area contributed by atoms with E-state index in [4.69, 9.17) is 4.74 Å². The molecule has 0 aliphatic rings. The SMILES string of the molecule is C=CCN(CC(=O)NCC)CC(=O)OCC. The van der Waals surface area contributed by atoms with Crippen LogP contribution in [0.25, 0.3) is 0 Å². The van der Waals surface area contributed by atoms with Crippen molar-refractivity contribution in [2.75, 3.05) is 32.8 Å². The topological polar surface area (TPSA) is 58.6 Å². The molecule has 92 valence electrons. The predicted octanol–water partition coefficient (Wildman–Crippen LogP) is 0.174. The molecule has 0 bridgehead atoms. The summed E-state index contributed by atoms with van der Waals surface area (Å²) in [5.41, 5.74) is 0. The van der Waals surface area contributed by atoms with Gasteiger partial charge in [0, 0.05) is 13.1 Å². The predicted molar refractivity (Wildman–Crippen MR) is 62.0 cm³/mol. The first kappa shape index (κ1) is 14.6. The molecule has 0 aliphatic heterocycles. The largest absolute Gasteiger partial charge is 0.465 e. The molecule has 1 N–H and O–H groups in total. The second-order valence-electron chi connectivity index (χ2n) is 3.22. The average Bonchev–Trinajstić information content (AvgIpc) is 2.18. The Morgan fingerprint density at radius 1 is 1.38 bits per heavy atom. The van der Waals surface area contributed by atoms with Gasteiger partial charge in [-0.05, 0) is 13.8 Å². The second kappa shape index (κ2) is 8.91. The molecule has 16 heavy (non-hydrogen) atoms. The molecule has 0 saturated heterocycles. The van der Waals surface area contributed by atoms with Crippen LogP contribution in [0, 0.1) is 0 Å². The molecule has 0 heterocycles. The standard InChI is InChI=1S/C11H20N2O3/c1-4-7-13(8-10(14)12-5-2)9-11(15)16-6-3/h4H,1,5-9H2,2-3H3,(H,12,14). The van der Waals surface area contributed by atoms with Gasteiger partial charge < -0.3 is 10.1 Å². The summed E-state index contributed by atoms with van der Waals surface area (Å²) in [7, 11) is 0. The summed E-state index contributed by atoms with van der Waals surface area (Å²) >= 11 is 0. The molecule has 0 aromatic heterocycles. The number of nitrogens with one attached hydrogen (secondary N) is 1. The van der Waals surface area contributed by atoms with E-state index in [-0.39, 0.29) is 25.0 Å². The third kappa shape index (κ3) is 7.00. The third-order valence-electron chi connectivity index (χ3n) is 1.79. The molecule has 5 heteroatoms. The second-order valence-corrected chi connectivity index (χ2v) is 3.22. The van der Waals surface area contributed by atoms with Gasteiger partial charge in [-0.1, -0.05) is 6.08 Å². The van der Waals surface area contributed by atoms with E-state index in [2.05, 4.69) is 11.9 Å². The van der Waals surface area contributed by atoms with Crippen molar-refractivity contribution >= 4 is 11.9 Å². The van der Waals surface area contributed by atoms with Crippen molar-refractivity contribution in [3.63, 3.8) is 0 Å². The normalized spacial score (nSPS) is 9.94. The van der Waals surface area contributed by atoms with Crippen molar-refractivity contribution in [2.24, 2.45) is 0 Å². The number of ether oxygens (including phenoxy) is 1. The highest BCUT2D eigenvalue weighted by molar-refractivity contribution is 5.79. The van der Waals surface area contributed by atoms with Gasteiger partial charge in [0.05, 0.1) is 19.7 Å². The summed E-state index contributed by atoms with van der Waals surface area (Å²) in [6, 6.07) is 0. The van der Waals surface area contributed by atoms with Crippen LogP contribution in [-0.4, -0.2) is 49.6 Å². The summed E-state index contributed by atoms with van der Waals surface area (Å²) in [5.74, 6) is -0.428. The van der Waals surface area contributed by atoms with E-state index in [1.54, 1.807) is 17.9 Å². The monoisotopic (exact) mass is 228 g/mol. The van der Waals surface area contributed by atoms with Crippen molar-refractivity contribution in [1.82, 2.24) is 10.2 Å². The number of carbonyl (C=O) groups excluding carboxylic acids is 2. The van der Waals surface area contributed by atoms with Crippen LogP contribution in [0.5, 0.6) is 0 Å². The molecule has 0 radical (unpaired) electrons. The lowest BCUT2D eigenvalue weighted by Gasteiger charge is -2.18. The fraction of sp³-hybridized carbons (Fsp3) is 0.636. The number of hydrogen-bond donors (Lipinski definition) is 1. The van der Waals surface area contributed by atoms with Gasteiger partial charge in [-0.3, -0.25) is 14.5 Å². The highest BCUT2D eigenvalue weighted by Gasteiger charge is 2.13. The van der Waals surface area contributed by atoms with E-state index < -0.39 is 0 Å². The van der Waals surface area contributed by atoms with E-state index in [1.165, 1.54) is 0 Å². The maximum atomic E-state index is 11.3. The van der Waals surface area contributed by atoms with Crippen LogP contribution >= 0.6 is 0 Å². The molecule has 0 aromatic rings. The first-order valence-electron chi connectivity index (χ1n) is 5.39. The summed E-state index contributed by atoms with van der Waals surface area (Å²) in [4.78, 5) is 24.2. The Bertz CT molecular complexity index is 221. The molecule has 0 fully saturated rings. The summed E-state index contributed by atoms with van der Waals surface area (Å²) in [6.07, 6.45) is 1.65. The number of nitrogens with zero attached hydrogens (tertiary/aromatic N) is 1. The van der Waals surface area contributed by atoms with Crippen molar-refractivity contribution in [1.29, 1.82) is 0 Å². The first-order valence-corrected chi connectivity index (χ1v) is 5.39. The summed E-state index contributed by atoms with van der Waals surface area (Å²) < 4.78 is 4.81. The van der Waals surface area contributed by atoms with Crippen LogP contribution in [0.2, 0.25) is 0 Å². The maximum absolute atomic E-state index is 11.3. The lowest BCUT2D eigenvalue weighted by atomic mass is 10.4. The number of hydrogen-bond acceptors (Lipinski definition) is 4. The molecule has 0 saturated carbocycles. The van der Waals surface area contributed by atoms with Gasteiger partial charge in [-0.15, -0.1) is 6.58 Å². The third-order valence-corrected chi connectivity index (χ3v) is 1.79. The first-order chi connectivity index (χ1) is 7.63. The number of likely N-dealkylation sites (N-methyl/N-ethyl adjacent to an activating group) is 1. The van der Waals surface area contributed by atoms with Gasteiger partial charge in [0.15, 0.2) is 0 Å². The molecule has 0 atom stereocenters. The van der Waals surface area contributed by atoms with Gasteiger partial charge in [0.1, 0.15) is 0 Å². The van der Waals surface area contributed by atoms with Crippen LogP contribution in [0.15, 0.2) is 12.7 Å². The molecular weight excluding hydrogens is 208 g/mol. The van der Waals surface area contributed by atoms with Gasteiger partial charge in [0.2, 0.25) is 5.91 Å². The van der Waals surface area contributed by atoms with Crippen LogP contribution in [0.3, 0.4) is 0 Å². The Morgan fingerprint density at radius 2 is 2.06 bits per heavy atom. The van der Waals surface area contributed by atoms with E-state index >= 15 is 0 Å². The van der Waals surface area contributed by atoms with Gasteiger partial charge in [-0.2, -0.15) is 0 Å². The smallest absolute Gasteiger partial charge is 0.320 e. The van der Waals surface area contributed by atoms with Crippen LogP contribution < -0.4 is 5.32 Å². The molecule has 0 unspecified atom stereocenters. The Labute approximate surface area is 96.4 Å². The van der Waals surface area contributed by atoms with Gasteiger partial charge >= 0.3 is 5.97 Å². The Morgan fingerprint density at radius 3 is 2.56 bits per heavy atom. The van der Waals surface area contributed by atoms with E-state index in [0.29, 0.717) is 19.7 Å². The summed E-state index contributed by atoms with van der Waals surface area (Å²) in [5, 5.41) is 2.67. The van der Waals surface area contributed by atoms with E-state index in [0.717, 1.165) is 0 Å². The molecule has 0 aliphatic carbocycles. The lowest BCUT2D eigenvalue weighted by molar-refractivity contribution is -0.144. The zero-order chi connectivity index (χ0) is 12.4. The number of amides is 1. The van der Waals surface area contributed by atoms with Crippen LogP contribution in [0.1, 0.15) is 13.8 Å².